The van der Waals surface area contributed by atoms with E-state index in [1.54, 1.807) is 12.1 Å². The number of nitrogens with one attached hydrogen (secondary N) is 1. The van der Waals surface area contributed by atoms with Crippen LogP contribution in [0.5, 0.6) is 0 Å². The highest BCUT2D eigenvalue weighted by Gasteiger charge is 2.26. The van der Waals surface area contributed by atoms with Gasteiger partial charge in [-0.2, -0.15) is 4.31 Å². The minimum Gasteiger partial charge on any atom is -0.379 e. The number of aryl methyl sites for hydroxylation is 1. The molecule has 1 aliphatic heterocycles. The van der Waals surface area contributed by atoms with Gasteiger partial charge in [-0.05, 0) is 41.8 Å². The smallest absolute Gasteiger partial charge is 0.243 e. The molecule has 1 N–H and O–H groups in total. The second-order valence-electron chi connectivity index (χ2n) is 6.44. The average molecular weight is 388 g/mol. The van der Waals surface area contributed by atoms with Gasteiger partial charge in [0.25, 0.3) is 0 Å². The number of sulfonamides is 1. The topological polar surface area (TPSA) is 75.7 Å². The van der Waals surface area contributed by atoms with Crippen molar-refractivity contribution in [3.63, 3.8) is 0 Å². The Balaban J connectivity index is 1.61. The SMILES string of the molecule is CCc1ccc(CC(=O)Nc2ccc(S(=O)(=O)N3CCOCC3)cc2)cc1. The number of carbonyl (C=O) groups is 1. The number of carbonyl (C=O) groups excluding carboxylic acids is 1. The number of morpholine rings is 1. The van der Waals surface area contributed by atoms with Crippen LogP contribution in [0, 0.1) is 0 Å². The highest BCUT2D eigenvalue weighted by atomic mass is 32.2. The largest absolute Gasteiger partial charge is 0.379 e. The number of hydrogen-bond donors (Lipinski definition) is 1. The molecular weight excluding hydrogens is 364 g/mol. The van der Waals surface area contributed by atoms with Crippen molar-refractivity contribution in [2.75, 3.05) is 31.6 Å². The lowest BCUT2D eigenvalue weighted by molar-refractivity contribution is -0.115. The van der Waals surface area contributed by atoms with Gasteiger partial charge >= 0.3 is 0 Å². The summed E-state index contributed by atoms with van der Waals surface area (Å²) in [6.07, 6.45) is 1.24. The van der Waals surface area contributed by atoms with E-state index in [4.69, 9.17) is 4.74 Å². The summed E-state index contributed by atoms with van der Waals surface area (Å²) in [6.45, 7) is 3.62. The molecule has 144 valence electrons. The van der Waals surface area contributed by atoms with Crippen LogP contribution < -0.4 is 5.32 Å². The molecule has 0 atom stereocenters. The Hall–Kier alpha value is -2.22. The Morgan fingerprint density at radius 1 is 1.00 bits per heavy atom. The molecule has 0 radical (unpaired) electrons. The van der Waals surface area contributed by atoms with Gasteiger partial charge < -0.3 is 10.1 Å². The highest BCUT2D eigenvalue weighted by Crippen LogP contribution is 2.19. The summed E-state index contributed by atoms with van der Waals surface area (Å²) in [6, 6.07) is 14.2. The van der Waals surface area contributed by atoms with Gasteiger partial charge in [0.05, 0.1) is 24.5 Å². The zero-order valence-corrected chi connectivity index (χ0v) is 16.2. The van der Waals surface area contributed by atoms with Crippen molar-refractivity contribution in [3.8, 4) is 0 Å². The fourth-order valence-electron chi connectivity index (χ4n) is 2.93. The standard InChI is InChI=1S/C20H24N2O4S/c1-2-16-3-5-17(6-4-16)15-20(23)21-18-7-9-19(10-8-18)27(24,25)22-11-13-26-14-12-22/h3-10H,2,11-15H2,1H3,(H,21,23). The summed E-state index contributed by atoms with van der Waals surface area (Å²) in [7, 11) is -3.52. The lowest BCUT2D eigenvalue weighted by Crippen LogP contribution is -2.40. The molecule has 0 spiro atoms. The fraction of sp³-hybridized carbons (Fsp3) is 0.350. The quantitative estimate of drug-likeness (QED) is 0.825. The predicted molar refractivity (Wildman–Crippen MR) is 104 cm³/mol. The second-order valence-corrected chi connectivity index (χ2v) is 8.37. The molecule has 0 aliphatic carbocycles. The van der Waals surface area contributed by atoms with E-state index in [0.717, 1.165) is 12.0 Å². The van der Waals surface area contributed by atoms with Crippen molar-refractivity contribution in [2.24, 2.45) is 0 Å². The molecule has 0 aromatic heterocycles. The van der Waals surface area contributed by atoms with Crippen LogP contribution in [0.4, 0.5) is 5.69 Å². The Morgan fingerprint density at radius 3 is 2.19 bits per heavy atom. The van der Waals surface area contributed by atoms with Gasteiger partial charge in [0.15, 0.2) is 0 Å². The predicted octanol–water partition coefficient (Wildman–Crippen LogP) is 2.45. The van der Waals surface area contributed by atoms with Crippen LogP contribution in [0.1, 0.15) is 18.1 Å². The molecule has 27 heavy (non-hydrogen) atoms. The summed E-state index contributed by atoms with van der Waals surface area (Å²) in [5.74, 6) is -0.136. The van der Waals surface area contributed by atoms with Crippen LogP contribution >= 0.6 is 0 Å². The first-order chi connectivity index (χ1) is 13.0. The molecule has 1 saturated heterocycles. The Kier molecular flexibility index (Phi) is 6.26. The van der Waals surface area contributed by atoms with Crippen molar-refractivity contribution < 1.29 is 17.9 Å². The Morgan fingerprint density at radius 2 is 1.59 bits per heavy atom. The minimum atomic E-state index is -3.52. The van der Waals surface area contributed by atoms with Gasteiger partial charge in [0, 0.05) is 18.8 Å². The Bertz CT molecular complexity index is 871. The zero-order valence-electron chi connectivity index (χ0n) is 15.3. The molecule has 1 heterocycles. The molecule has 0 bridgehead atoms. The molecule has 2 aromatic carbocycles. The zero-order chi connectivity index (χ0) is 19.3. The lowest BCUT2D eigenvalue weighted by atomic mass is 10.1. The van der Waals surface area contributed by atoms with Gasteiger partial charge in [-0.25, -0.2) is 8.42 Å². The minimum absolute atomic E-state index is 0.136. The van der Waals surface area contributed by atoms with Crippen LogP contribution in [0.15, 0.2) is 53.4 Å². The van der Waals surface area contributed by atoms with Gasteiger partial charge in [0.1, 0.15) is 0 Å². The first-order valence-corrected chi connectivity index (χ1v) is 10.5. The van der Waals surface area contributed by atoms with Gasteiger partial charge in [-0.1, -0.05) is 31.2 Å². The highest BCUT2D eigenvalue weighted by molar-refractivity contribution is 7.89. The molecule has 2 aromatic rings. The molecule has 6 nitrogen and oxygen atoms in total. The van der Waals surface area contributed by atoms with Gasteiger partial charge in [-0.15, -0.1) is 0 Å². The molecule has 1 amide bonds. The van der Waals surface area contributed by atoms with Crippen molar-refractivity contribution in [3.05, 3.63) is 59.7 Å². The third-order valence-corrected chi connectivity index (χ3v) is 6.45. The second kappa shape index (κ2) is 8.65. The molecule has 3 rings (SSSR count). The summed E-state index contributed by atoms with van der Waals surface area (Å²) < 4.78 is 31.8. The number of nitrogens with zero attached hydrogens (tertiary/aromatic N) is 1. The summed E-state index contributed by atoms with van der Waals surface area (Å²) in [5.41, 5.74) is 2.75. The maximum atomic E-state index is 12.6. The van der Waals surface area contributed by atoms with E-state index in [-0.39, 0.29) is 17.2 Å². The van der Waals surface area contributed by atoms with Crippen LogP contribution in [0.2, 0.25) is 0 Å². The molecular formula is C20H24N2O4S. The van der Waals surface area contributed by atoms with E-state index in [1.807, 2.05) is 24.3 Å². The van der Waals surface area contributed by atoms with Crippen LogP contribution in [0.25, 0.3) is 0 Å². The number of rotatable bonds is 6. The van der Waals surface area contributed by atoms with E-state index in [1.165, 1.54) is 22.0 Å². The van der Waals surface area contributed by atoms with Crippen molar-refractivity contribution in [1.82, 2.24) is 4.31 Å². The molecule has 0 saturated carbocycles. The molecule has 1 aliphatic rings. The lowest BCUT2D eigenvalue weighted by Gasteiger charge is -2.26. The average Bonchev–Trinajstić information content (AvgIpc) is 2.69. The first-order valence-electron chi connectivity index (χ1n) is 9.04. The van der Waals surface area contributed by atoms with Crippen molar-refractivity contribution >= 4 is 21.6 Å². The maximum Gasteiger partial charge on any atom is 0.243 e. The normalized spacial score (nSPS) is 15.4. The third kappa shape index (κ3) is 4.94. The van der Waals surface area contributed by atoms with E-state index < -0.39 is 10.0 Å². The third-order valence-electron chi connectivity index (χ3n) is 4.54. The van der Waals surface area contributed by atoms with Crippen LogP contribution in [-0.4, -0.2) is 44.9 Å². The molecule has 7 heteroatoms. The number of anilines is 1. The van der Waals surface area contributed by atoms with Crippen molar-refractivity contribution in [1.29, 1.82) is 0 Å². The molecule has 0 unspecified atom stereocenters. The maximum absolute atomic E-state index is 12.6. The van der Waals surface area contributed by atoms with E-state index in [9.17, 15) is 13.2 Å². The number of ether oxygens (including phenoxy) is 1. The molecule has 1 fully saturated rings. The fourth-order valence-corrected chi connectivity index (χ4v) is 4.34. The first kappa shape index (κ1) is 19.5. The number of benzene rings is 2. The van der Waals surface area contributed by atoms with Crippen LogP contribution in [-0.2, 0) is 32.4 Å². The van der Waals surface area contributed by atoms with E-state index in [0.29, 0.717) is 32.0 Å². The monoisotopic (exact) mass is 388 g/mol. The summed E-state index contributed by atoms with van der Waals surface area (Å²) in [4.78, 5) is 12.4. The number of amides is 1. The number of hydrogen-bond acceptors (Lipinski definition) is 4. The summed E-state index contributed by atoms with van der Waals surface area (Å²) >= 11 is 0. The van der Waals surface area contributed by atoms with Crippen molar-refractivity contribution in [2.45, 2.75) is 24.7 Å². The summed E-state index contributed by atoms with van der Waals surface area (Å²) in [5, 5.41) is 2.81. The van der Waals surface area contributed by atoms with Crippen LogP contribution in [0.3, 0.4) is 0 Å². The van der Waals surface area contributed by atoms with Gasteiger partial charge in [-0.3, -0.25) is 4.79 Å². The van der Waals surface area contributed by atoms with E-state index in [2.05, 4.69) is 12.2 Å². The Labute approximate surface area is 160 Å². The van der Waals surface area contributed by atoms with Gasteiger partial charge in [0.2, 0.25) is 15.9 Å². The van der Waals surface area contributed by atoms with E-state index >= 15 is 0 Å².